The molecule has 18 heavy (non-hydrogen) atoms. The van der Waals surface area contributed by atoms with Crippen molar-refractivity contribution in [2.75, 3.05) is 7.11 Å². The van der Waals surface area contributed by atoms with Gasteiger partial charge in [-0.3, -0.25) is 14.3 Å². The first kappa shape index (κ1) is 12.0. The molecular weight excluding hydrogens is 232 g/mol. The van der Waals surface area contributed by atoms with Gasteiger partial charge in [0.25, 0.3) is 5.56 Å². The van der Waals surface area contributed by atoms with E-state index in [4.69, 9.17) is 0 Å². The van der Waals surface area contributed by atoms with E-state index in [1.165, 1.54) is 30.0 Å². The van der Waals surface area contributed by atoms with Crippen LogP contribution in [0, 0.1) is 6.92 Å². The van der Waals surface area contributed by atoms with Crippen LogP contribution < -0.4 is 5.56 Å². The van der Waals surface area contributed by atoms with Gasteiger partial charge in [0.1, 0.15) is 0 Å². The lowest BCUT2D eigenvalue weighted by Crippen LogP contribution is -2.19. The van der Waals surface area contributed by atoms with Crippen LogP contribution in [0.2, 0.25) is 0 Å². The SMILES string of the molecule is COC(=O)c1ccc(=O)n(-c2cccnc2C)c1. The third-order valence-electron chi connectivity index (χ3n) is 2.57. The fraction of sp³-hybridized carbons (Fsp3) is 0.154. The van der Waals surface area contributed by atoms with Gasteiger partial charge in [0, 0.05) is 18.5 Å². The number of nitrogens with zero attached hydrogens (tertiary/aromatic N) is 2. The number of hydrogen-bond donors (Lipinski definition) is 0. The molecule has 0 aliphatic heterocycles. The zero-order chi connectivity index (χ0) is 13.1. The van der Waals surface area contributed by atoms with E-state index < -0.39 is 5.97 Å². The molecule has 0 unspecified atom stereocenters. The average molecular weight is 244 g/mol. The third kappa shape index (κ3) is 2.15. The van der Waals surface area contributed by atoms with E-state index in [1.54, 1.807) is 25.3 Å². The maximum absolute atomic E-state index is 11.8. The van der Waals surface area contributed by atoms with Crippen LogP contribution in [0.3, 0.4) is 0 Å². The molecule has 92 valence electrons. The third-order valence-corrected chi connectivity index (χ3v) is 2.57. The summed E-state index contributed by atoms with van der Waals surface area (Å²) >= 11 is 0. The van der Waals surface area contributed by atoms with E-state index in [9.17, 15) is 9.59 Å². The Labute approximate surface area is 104 Å². The summed E-state index contributed by atoms with van der Waals surface area (Å²) in [6.45, 7) is 1.80. The molecule has 5 heteroatoms. The molecule has 0 spiro atoms. The van der Waals surface area contributed by atoms with Crippen molar-refractivity contribution in [2.45, 2.75) is 6.92 Å². The molecule has 2 aromatic heterocycles. The molecule has 0 aliphatic carbocycles. The normalized spacial score (nSPS) is 10.1. The van der Waals surface area contributed by atoms with Crippen molar-refractivity contribution < 1.29 is 9.53 Å². The minimum atomic E-state index is -0.481. The Kier molecular flexibility index (Phi) is 3.23. The predicted molar refractivity (Wildman–Crippen MR) is 65.9 cm³/mol. The molecule has 5 nitrogen and oxygen atoms in total. The fourth-order valence-corrected chi connectivity index (χ4v) is 1.64. The molecule has 2 heterocycles. The second kappa shape index (κ2) is 4.83. The maximum atomic E-state index is 11.8. The summed E-state index contributed by atoms with van der Waals surface area (Å²) in [5, 5.41) is 0. The summed E-state index contributed by atoms with van der Waals surface area (Å²) in [5.41, 5.74) is 1.45. The average Bonchev–Trinajstić information content (AvgIpc) is 2.39. The topological polar surface area (TPSA) is 61.2 Å². The van der Waals surface area contributed by atoms with Crippen LogP contribution in [0.1, 0.15) is 16.1 Å². The second-order valence-electron chi connectivity index (χ2n) is 3.73. The molecule has 0 N–H and O–H groups in total. The summed E-state index contributed by atoms with van der Waals surface area (Å²) in [6, 6.07) is 6.28. The Morgan fingerprint density at radius 1 is 1.33 bits per heavy atom. The standard InChI is InChI=1S/C13H12N2O3/c1-9-11(4-3-7-14-9)15-8-10(13(17)18-2)5-6-12(15)16/h3-8H,1-2H3. The number of methoxy groups -OCH3 is 1. The van der Waals surface area contributed by atoms with Gasteiger partial charge in [-0.1, -0.05) is 0 Å². The lowest BCUT2D eigenvalue weighted by Gasteiger charge is -2.09. The van der Waals surface area contributed by atoms with Crippen molar-refractivity contribution in [3.63, 3.8) is 0 Å². The summed E-state index contributed by atoms with van der Waals surface area (Å²) in [7, 11) is 1.30. The zero-order valence-corrected chi connectivity index (χ0v) is 10.1. The van der Waals surface area contributed by atoms with E-state index in [1.807, 2.05) is 0 Å². The van der Waals surface area contributed by atoms with Crippen LogP contribution in [0.15, 0.2) is 41.5 Å². The highest BCUT2D eigenvalue weighted by atomic mass is 16.5. The minimum absolute atomic E-state index is 0.223. The first-order valence-electron chi connectivity index (χ1n) is 5.36. The van der Waals surface area contributed by atoms with Gasteiger partial charge in [-0.2, -0.15) is 0 Å². The van der Waals surface area contributed by atoms with Crippen molar-refractivity contribution in [1.82, 2.24) is 9.55 Å². The van der Waals surface area contributed by atoms with Crippen molar-refractivity contribution in [3.8, 4) is 5.69 Å². The number of carbonyl (C=O) groups excluding carboxylic acids is 1. The first-order chi connectivity index (χ1) is 8.63. The van der Waals surface area contributed by atoms with Gasteiger partial charge < -0.3 is 4.74 Å². The predicted octanol–water partition coefficient (Wildman–Crippen LogP) is 1.33. The van der Waals surface area contributed by atoms with Gasteiger partial charge in [0.15, 0.2) is 0 Å². The van der Waals surface area contributed by atoms with E-state index >= 15 is 0 Å². The number of aromatic nitrogens is 2. The van der Waals surface area contributed by atoms with Crippen molar-refractivity contribution in [2.24, 2.45) is 0 Å². The van der Waals surface area contributed by atoms with E-state index in [0.29, 0.717) is 16.9 Å². The smallest absolute Gasteiger partial charge is 0.339 e. The minimum Gasteiger partial charge on any atom is -0.465 e. The molecule has 2 aromatic rings. The monoisotopic (exact) mass is 244 g/mol. The molecule has 0 fully saturated rings. The van der Waals surface area contributed by atoms with Gasteiger partial charge in [-0.05, 0) is 25.1 Å². The molecule has 0 atom stereocenters. The van der Waals surface area contributed by atoms with Crippen LogP contribution in [0.4, 0.5) is 0 Å². The van der Waals surface area contributed by atoms with E-state index in [-0.39, 0.29) is 5.56 Å². The number of carbonyl (C=O) groups is 1. The Morgan fingerprint density at radius 3 is 2.78 bits per heavy atom. The number of rotatable bonds is 2. The largest absolute Gasteiger partial charge is 0.465 e. The highest BCUT2D eigenvalue weighted by molar-refractivity contribution is 5.88. The van der Waals surface area contributed by atoms with Crippen molar-refractivity contribution >= 4 is 5.97 Å². The quantitative estimate of drug-likeness (QED) is 0.748. The second-order valence-corrected chi connectivity index (χ2v) is 3.73. The highest BCUT2D eigenvalue weighted by Crippen LogP contribution is 2.09. The number of aryl methyl sites for hydroxylation is 1. The summed E-state index contributed by atoms with van der Waals surface area (Å²) in [6.07, 6.45) is 3.10. The maximum Gasteiger partial charge on any atom is 0.339 e. The van der Waals surface area contributed by atoms with Crippen LogP contribution in [0.25, 0.3) is 5.69 Å². The van der Waals surface area contributed by atoms with Crippen LogP contribution >= 0.6 is 0 Å². The van der Waals surface area contributed by atoms with Crippen LogP contribution in [-0.2, 0) is 4.74 Å². The molecule has 0 radical (unpaired) electrons. The van der Waals surface area contributed by atoms with Gasteiger partial charge in [0.2, 0.25) is 0 Å². The number of hydrogen-bond acceptors (Lipinski definition) is 4. The molecule has 0 saturated carbocycles. The van der Waals surface area contributed by atoms with Crippen LogP contribution in [-0.4, -0.2) is 22.6 Å². The van der Waals surface area contributed by atoms with Crippen molar-refractivity contribution in [3.05, 3.63) is 58.3 Å². The van der Waals surface area contributed by atoms with E-state index in [2.05, 4.69) is 9.72 Å². The number of pyridine rings is 2. The Balaban J connectivity index is 2.61. The molecule has 0 saturated heterocycles. The molecular formula is C13H12N2O3. The summed E-state index contributed by atoms with van der Waals surface area (Å²) < 4.78 is 6.01. The van der Waals surface area contributed by atoms with Gasteiger partial charge in [-0.15, -0.1) is 0 Å². The highest BCUT2D eigenvalue weighted by Gasteiger charge is 2.09. The molecule has 0 bridgehead atoms. The van der Waals surface area contributed by atoms with E-state index in [0.717, 1.165) is 0 Å². The van der Waals surface area contributed by atoms with Gasteiger partial charge >= 0.3 is 5.97 Å². The Morgan fingerprint density at radius 2 is 2.11 bits per heavy atom. The summed E-state index contributed by atoms with van der Waals surface area (Å²) in [5.74, 6) is -0.481. The lowest BCUT2D eigenvalue weighted by atomic mass is 10.2. The first-order valence-corrected chi connectivity index (χ1v) is 5.36. The van der Waals surface area contributed by atoms with Crippen molar-refractivity contribution in [1.29, 1.82) is 0 Å². The molecule has 0 amide bonds. The fourth-order valence-electron chi connectivity index (χ4n) is 1.64. The molecule has 2 rings (SSSR count). The lowest BCUT2D eigenvalue weighted by molar-refractivity contribution is 0.0600. The molecule has 0 aliphatic rings. The number of esters is 1. The Hall–Kier alpha value is -2.43. The Bertz CT molecular complexity index is 647. The molecule has 0 aromatic carbocycles. The van der Waals surface area contributed by atoms with Gasteiger partial charge in [-0.25, -0.2) is 4.79 Å². The summed E-state index contributed by atoms with van der Waals surface area (Å²) in [4.78, 5) is 27.4. The zero-order valence-electron chi connectivity index (χ0n) is 10.1. The van der Waals surface area contributed by atoms with Crippen LogP contribution in [0.5, 0.6) is 0 Å². The van der Waals surface area contributed by atoms with Gasteiger partial charge in [0.05, 0.1) is 24.1 Å². The number of ether oxygens (including phenoxy) is 1.